The molecule has 10 nitrogen and oxygen atoms in total. The fraction of sp³-hybridized carbons (Fsp3) is 0.480. The standard InChI is InChI=1S/C25H29F6N3O7S2/c1-22(2,33-42(5,36)37)13-17-14-34(43(38,39)18-8-6-7-15(11-18)24(26,27)28)19-12-16(9-10-20(19)40-17)32-21(35)41-23(3,4)25(29,30)31/h6-12,17,33H,13-14H2,1-5H3,(H,32,35)/t17-/m0/s1. The van der Waals surface area contributed by atoms with Crippen LogP contribution in [0.15, 0.2) is 47.4 Å². The number of anilines is 2. The molecular weight excluding hydrogens is 632 g/mol. The van der Waals surface area contributed by atoms with E-state index in [9.17, 15) is 48.0 Å². The van der Waals surface area contributed by atoms with E-state index in [0.29, 0.717) is 26.0 Å². The molecule has 0 bridgehead atoms. The van der Waals surface area contributed by atoms with Crippen LogP contribution in [0, 0.1) is 0 Å². The summed E-state index contributed by atoms with van der Waals surface area (Å²) < 4.78 is 144. The van der Waals surface area contributed by atoms with Gasteiger partial charge in [0.25, 0.3) is 10.0 Å². The van der Waals surface area contributed by atoms with E-state index in [4.69, 9.17) is 4.74 Å². The fourth-order valence-electron chi connectivity index (χ4n) is 4.23. The van der Waals surface area contributed by atoms with Gasteiger partial charge in [-0.05, 0) is 64.1 Å². The molecule has 0 radical (unpaired) electrons. The van der Waals surface area contributed by atoms with Gasteiger partial charge in [0, 0.05) is 17.6 Å². The molecule has 240 valence electrons. The van der Waals surface area contributed by atoms with E-state index >= 15 is 0 Å². The van der Waals surface area contributed by atoms with Gasteiger partial charge in [-0.3, -0.25) is 9.62 Å². The number of sulfonamides is 2. The van der Waals surface area contributed by atoms with Crippen molar-refractivity contribution in [1.29, 1.82) is 0 Å². The minimum atomic E-state index is -4.90. The van der Waals surface area contributed by atoms with Gasteiger partial charge in [0.1, 0.15) is 11.9 Å². The highest BCUT2D eigenvalue weighted by Gasteiger charge is 2.51. The third-order valence-electron chi connectivity index (χ3n) is 6.12. The number of nitrogens with one attached hydrogen (secondary N) is 2. The number of hydrogen-bond acceptors (Lipinski definition) is 7. The van der Waals surface area contributed by atoms with Crippen LogP contribution in [-0.2, 0) is 31.0 Å². The van der Waals surface area contributed by atoms with Crippen LogP contribution in [0.25, 0.3) is 0 Å². The molecule has 1 atom stereocenters. The van der Waals surface area contributed by atoms with E-state index in [2.05, 4.69) is 14.8 Å². The smallest absolute Gasteiger partial charge is 0.427 e. The predicted molar refractivity (Wildman–Crippen MR) is 144 cm³/mol. The molecule has 1 heterocycles. The second kappa shape index (κ2) is 11.4. The zero-order valence-electron chi connectivity index (χ0n) is 23.4. The van der Waals surface area contributed by atoms with Crippen LogP contribution in [0.1, 0.15) is 39.7 Å². The maximum Gasteiger partial charge on any atom is 0.427 e. The van der Waals surface area contributed by atoms with Crippen LogP contribution >= 0.6 is 0 Å². The van der Waals surface area contributed by atoms with E-state index in [1.165, 1.54) is 26.0 Å². The second-order valence-corrected chi connectivity index (χ2v) is 14.6. The van der Waals surface area contributed by atoms with Crippen LogP contribution in [0.4, 0.5) is 42.5 Å². The lowest BCUT2D eigenvalue weighted by atomic mass is 9.97. The lowest BCUT2D eigenvalue weighted by molar-refractivity contribution is -0.242. The summed E-state index contributed by atoms with van der Waals surface area (Å²) in [6, 6.07) is 6.39. The predicted octanol–water partition coefficient (Wildman–Crippen LogP) is 5.27. The highest BCUT2D eigenvalue weighted by atomic mass is 32.2. The quantitative estimate of drug-likeness (QED) is 0.369. The average Bonchev–Trinajstić information content (AvgIpc) is 2.80. The Kier molecular flexibility index (Phi) is 9.04. The van der Waals surface area contributed by atoms with Gasteiger partial charge >= 0.3 is 18.4 Å². The fourth-order valence-corrected chi connectivity index (χ4v) is 6.86. The molecule has 0 saturated heterocycles. The molecule has 0 unspecified atom stereocenters. The number of benzene rings is 2. The van der Waals surface area contributed by atoms with Gasteiger partial charge < -0.3 is 9.47 Å². The SMILES string of the molecule is CC(C)(C[C@H]1CN(S(=O)(=O)c2cccc(C(F)(F)F)c2)c2cc(NC(=O)OC(C)(C)C(F)(F)F)ccc2O1)NS(C)(=O)=O. The maximum atomic E-state index is 13.8. The van der Waals surface area contributed by atoms with Crippen molar-refractivity contribution in [2.24, 2.45) is 0 Å². The number of halogens is 6. The zero-order valence-corrected chi connectivity index (χ0v) is 25.1. The highest BCUT2D eigenvalue weighted by molar-refractivity contribution is 7.92. The number of carbonyl (C=O) groups is 1. The first kappa shape index (κ1) is 34.2. The number of rotatable bonds is 8. The van der Waals surface area contributed by atoms with Crippen molar-refractivity contribution in [2.45, 2.75) is 68.6 Å². The molecule has 3 rings (SSSR count). The molecule has 2 aromatic carbocycles. The minimum absolute atomic E-state index is 0.0903. The van der Waals surface area contributed by atoms with Gasteiger partial charge in [0.2, 0.25) is 15.6 Å². The van der Waals surface area contributed by atoms with Crippen LogP contribution in [0.3, 0.4) is 0 Å². The summed E-state index contributed by atoms with van der Waals surface area (Å²) in [7, 11) is -8.46. The Morgan fingerprint density at radius 3 is 2.19 bits per heavy atom. The van der Waals surface area contributed by atoms with Gasteiger partial charge in [0.15, 0.2) is 0 Å². The zero-order chi connectivity index (χ0) is 32.8. The third-order valence-corrected chi connectivity index (χ3v) is 8.82. The number of amides is 1. The lowest BCUT2D eigenvalue weighted by Gasteiger charge is -2.38. The Balaban J connectivity index is 2.05. The number of alkyl halides is 6. The van der Waals surface area contributed by atoms with Crippen molar-refractivity contribution in [3.8, 4) is 5.75 Å². The summed E-state index contributed by atoms with van der Waals surface area (Å²) in [5.41, 5.74) is -5.73. The topological polar surface area (TPSA) is 131 Å². The van der Waals surface area contributed by atoms with Gasteiger partial charge in [-0.2, -0.15) is 26.3 Å². The molecule has 43 heavy (non-hydrogen) atoms. The van der Waals surface area contributed by atoms with Crippen molar-refractivity contribution in [1.82, 2.24) is 4.72 Å². The van der Waals surface area contributed by atoms with E-state index in [1.54, 1.807) is 0 Å². The molecule has 18 heteroatoms. The van der Waals surface area contributed by atoms with Gasteiger partial charge in [-0.25, -0.2) is 26.4 Å². The molecule has 1 aliphatic heterocycles. The Morgan fingerprint density at radius 1 is 1.00 bits per heavy atom. The summed E-state index contributed by atoms with van der Waals surface area (Å²) in [5, 5.41) is 2.07. The molecule has 0 fully saturated rings. The Morgan fingerprint density at radius 2 is 1.63 bits per heavy atom. The summed E-state index contributed by atoms with van der Waals surface area (Å²) in [6.07, 6.45) is -11.5. The molecular formula is C25H29F6N3O7S2. The molecule has 2 aromatic rings. The Labute approximate surface area is 244 Å². The summed E-state index contributed by atoms with van der Waals surface area (Å²) in [4.78, 5) is 11.5. The molecule has 1 aliphatic rings. The van der Waals surface area contributed by atoms with Gasteiger partial charge in [-0.1, -0.05) is 6.07 Å². The van der Waals surface area contributed by atoms with Crippen molar-refractivity contribution in [3.05, 3.63) is 48.0 Å². The summed E-state index contributed by atoms with van der Waals surface area (Å²) >= 11 is 0. The van der Waals surface area contributed by atoms with Gasteiger partial charge in [-0.15, -0.1) is 0 Å². The van der Waals surface area contributed by atoms with E-state index < -0.39 is 72.7 Å². The van der Waals surface area contributed by atoms with Crippen LogP contribution in [0.2, 0.25) is 0 Å². The third kappa shape index (κ3) is 8.44. The minimum Gasteiger partial charge on any atom is -0.486 e. The normalized spacial score (nSPS) is 16.7. The van der Waals surface area contributed by atoms with Crippen LogP contribution < -0.4 is 19.1 Å². The molecule has 1 amide bonds. The van der Waals surface area contributed by atoms with Gasteiger partial charge in [0.05, 0.1) is 28.9 Å². The maximum absolute atomic E-state index is 13.8. The molecule has 0 spiro atoms. The van der Waals surface area contributed by atoms with E-state index in [1.807, 2.05) is 0 Å². The number of nitrogens with zero attached hydrogens (tertiary/aromatic N) is 1. The van der Waals surface area contributed by atoms with Crippen molar-refractivity contribution < 1.29 is 57.4 Å². The average molecular weight is 662 g/mol. The summed E-state index contributed by atoms with van der Waals surface area (Å²) in [6.45, 7) is 3.77. The Bertz CT molecular complexity index is 1590. The summed E-state index contributed by atoms with van der Waals surface area (Å²) in [5.74, 6) is -0.114. The molecule has 2 N–H and O–H groups in total. The number of hydrogen-bond donors (Lipinski definition) is 2. The molecule has 0 aromatic heterocycles. The molecule has 0 aliphatic carbocycles. The van der Waals surface area contributed by atoms with Crippen LogP contribution in [-0.4, -0.2) is 59.1 Å². The number of carbonyl (C=O) groups excluding carboxylic acids is 1. The number of fused-ring (bicyclic) bond motifs is 1. The van der Waals surface area contributed by atoms with Crippen molar-refractivity contribution >= 4 is 37.5 Å². The first-order chi connectivity index (χ1) is 19.3. The van der Waals surface area contributed by atoms with Crippen molar-refractivity contribution in [3.63, 3.8) is 0 Å². The lowest BCUT2D eigenvalue weighted by Crippen LogP contribution is -2.51. The largest absolute Gasteiger partial charge is 0.486 e. The first-order valence-corrected chi connectivity index (χ1v) is 15.7. The Hall–Kier alpha value is -3.25. The van der Waals surface area contributed by atoms with E-state index in [-0.39, 0.29) is 23.5 Å². The number of ether oxygens (including phenoxy) is 2. The van der Waals surface area contributed by atoms with Crippen molar-refractivity contribution in [2.75, 3.05) is 22.4 Å². The second-order valence-electron chi connectivity index (χ2n) is 11.0. The van der Waals surface area contributed by atoms with Crippen LogP contribution in [0.5, 0.6) is 5.75 Å². The first-order valence-electron chi connectivity index (χ1n) is 12.4. The highest BCUT2D eigenvalue weighted by Crippen LogP contribution is 2.41. The monoisotopic (exact) mass is 661 g/mol. The van der Waals surface area contributed by atoms with E-state index in [0.717, 1.165) is 28.8 Å². The molecule has 0 saturated carbocycles.